The lowest BCUT2D eigenvalue weighted by molar-refractivity contribution is -0.134. The maximum atomic E-state index is 12.1. The van der Waals surface area contributed by atoms with E-state index >= 15 is 0 Å². The van der Waals surface area contributed by atoms with Crippen LogP contribution >= 0.6 is 11.8 Å². The molecule has 0 heterocycles. The van der Waals surface area contributed by atoms with Crippen molar-refractivity contribution in [3.63, 3.8) is 0 Å². The molecule has 0 rings (SSSR count). The topological polar surface area (TPSA) is 46.3 Å². The molecule has 0 radical (unpaired) electrons. The predicted molar refractivity (Wildman–Crippen MR) is 72.7 cm³/mol. The fourth-order valence-electron chi connectivity index (χ4n) is 1.61. The molecule has 1 amide bonds. The molecule has 0 saturated heterocycles. The highest BCUT2D eigenvalue weighted by Gasteiger charge is 2.26. The summed E-state index contributed by atoms with van der Waals surface area (Å²) < 4.78 is 0. The Bertz CT molecular complexity index is 211. The molecular weight excluding hydrogens is 220 g/mol. The van der Waals surface area contributed by atoms with Crippen LogP contribution in [0.2, 0.25) is 0 Å². The highest BCUT2D eigenvalue weighted by Crippen LogP contribution is 2.13. The summed E-state index contributed by atoms with van der Waals surface area (Å²) in [6.07, 6.45) is 3.99. The molecule has 0 aliphatic heterocycles. The third kappa shape index (κ3) is 4.34. The van der Waals surface area contributed by atoms with Gasteiger partial charge in [0.15, 0.2) is 0 Å². The fourth-order valence-corrected chi connectivity index (χ4v) is 2.45. The zero-order chi connectivity index (χ0) is 12.7. The lowest BCUT2D eigenvalue weighted by Gasteiger charge is -2.30. The third-order valence-corrected chi connectivity index (χ3v) is 3.99. The maximum absolute atomic E-state index is 12.1. The second-order valence-electron chi connectivity index (χ2n) is 4.38. The number of hydrogen-bond donors (Lipinski definition) is 1. The van der Waals surface area contributed by atoms with Crippen molar-refractivity contribution in [3.8, 4) is 0 Å². The summed E-state index contributed by atoms with van der Waals surface area (Å²) in [7, 11) is 1.87. The van der Waals surface area contributed by atoms with E-state index in [9.17, 15) is 4.79 Å². The Kier molecular flexibility index (Phi) is 7.85. The minimum absolute atomic E-state index is 0.0789. The molecule has 0 aliphatic rings. The van der Waals surface area contributed by atoms with E-state index < -0.39 is 0 Å². The van der Waals surface area contributed by atoms with E-state index in [4.69, 9.17) is 5.73 Å². The summed E-state index contributed by atoms with van der Waals surface area (Å²) in [5.41, 5.74) is 5.96. The molecule has 2 N–H and O–H groups in total. The largest absolute Gasteiger partial charge is 0.341 e. The van der Waals surface area contributed by atoms with E-state index in [1.165, 1.54) is 0 Å². The summed E-state index contributed by atoms with van der Waals surface area (Å²) in [6.45, 7) is 6.21. The highest BCUT2D eigenvalue weighted by atomic mass is 32.2. The van der Waals surface area contributed by atoms with Gasteiger partial charge in [0, 0.05) is 18.8 Å². The Hall–Kier alpha value is -0.220. The summed E-state index contributed by atoms with van der Waals surface area (Å²) >= 11 is 1.77. The van der Waals surface area contributed by atoms with Crippen molar-refractivity contribution in [3.05, 3.63) is 0 Å². The molecule has 0 saturated carbocycles. The Morgan fingerprint density at radius 2 is 1.94 bits per heavy atom. The molecule has 0 aromatic rings. The average molecular weight is 246 g/mol. The van der Waals surface area contributed by atoms with Crippen LogP contribution in [0.3, 0.4) is 0 Å². The van der Waals surface area contributed by atoms with Crippen molar-refractivity contribution in [2.24, 2.45) is 11.7 Å². The first-order valence-electron chi connectivity index (χ1n) is 6.00. The highest BCUT2D eigenvalue weighted by molar-refractivity contribution is 7.98. The zero-order valence-electron chi connectivity index (χ0n) is 11.2. The molecule has 0 aliphatic carbocycles. The van der Waals surface area contributed by atoms with E-state index in [1.54, 1.807) is 11.8 Å². The Balaban J connectivity index is 4.45. The van der Waals surface area contributed by atoms with Crippen LogP contribution in [-0.4, -0.2) is 41.9 Å². The molecule has 3 nitrogen and oxygen atoms in total. The minimum Gasteiger partial charge on any atom is -0.341 e. The van der Waals surface area contributed by atoms with Gasteiger partial charge in [-0.25, -0.2) is 0 Å². The molecule has 0 fully saturated rings. The fraction of sp³-hybridized carbons (Fsp3) is 0.917. The SMILES string of the molecule is CCC(C)[C@H](N)C(=O)N(C)C(CC)CSC. The smallest absolute Gasteiger partial charge is 0.239 e. The molecular formula is C12H26N2OS. The zero-order valence-corrected chi connectivity index (χ0v) is 12.0. The first kappa shape index (κ1) is 15.8. The number of carbonyl (C=O) groups is 1. The summed E-state index contributed by atoms with van der Waals surface area (Å²) in [5.74, 6) is 1.31. The van der Waals surface area contributed by atoms with Gasteiger partial charge in [-0.2, -0.15) is 11.8 Å². The van der Waals surface area contributed by atoms with Crippen LogP contribution in [0.4, 0.5) is 0 Å². The van der Waals surface area contributed by atoms with E-state index in [0.717, 1.165) is 18.6 Å². The van der Waals surface area contributed by atoms with Crippen LogP contribution in [0.5, 0.6) is 0 Å². The molecule has 4 heteroatoms. The van der Waals surface area contributed by atoms with Gasteiger partial charge in [0.05, 0.1) is 6.04 Å². The van der Waals surface area contributed by atoms with E-state index in [0.29, 0.717) is 6.04 Å². The van der Waals surface area contributed by atoms with Gasteiger partial charge in [-0.1, -0.05) is 27.2 Å². The van der Waals surface area contributed by atoms with Crippen molar-refractivity contribution in [2.75, 3.05) is 19.1 Å². The van der Waals surface area contributed by atoms with Gasteiger partial charge >= 0.3 is 0 Å². The number of hydrogen-bond acceptors (Lipinski definition) is 3. The van der Waals surface area contributed by atoms with Gasteiger partial charge in [0.1, 0.15) is 0 Å². The van der Waals surface area contributed by atoms with Crippen molar-refractivity contribution in [1.82, 2.24) is 4.90 Å². The van der Waals surface area contributed by atoms with Gasteiger partial charge in [-0.15, -0.1) is 0 Å². The molecule has 0 spiro atoms. The minimum atomic E-state index is -0.356. The summed E-state index contributed by atoms with van der Waals surface area (Å²) in [5, 5.41) is 0. The van der Waals surface area contributed by atoms with Crippen LogP contribution in [-0.2, 0) is 4.79 Å². The van der Waals surface area contributed by atoms with E-state index in [-0.39, 0.29) is 17.9 Å². The van der Waals surface area contributed by atoms with Crippen LogP contribution in [0.25, 0.3) is 0 Å². The van der Waals surface area contributed by atoms with Gasteiger partial charge in [0.25, 0.3) is 0 Å². The van der Waals surface area contributed by atoms with Gasteiger partial charge in [-0.3, -0.25) is 4.79 Å². The number of likely N-dealkylation sites (N-methyl/N-ethyl adjacent to an activating group) is 1. The normalized spacial score (nSPS) is 16.6. The molecule has 16 heavy (non-hydrogen) atoms. The molecule has 3 atom stereocenters. The lowest BCUT2D eigenvalue weighted by atomic mass is 9.98. The Labute approximate surface area is 104 Å². The summed E-state index contributed by atoms with van der Waals surface area (Å²) in [6, 6.07) is -0.0523. The second kappa shape index (κ2) is 7.96. The number of nitrogens with zero attached hydrogens (tertiary/aromatic N) is 1. The van der Waals surface area contributed by atoms with Crippen molar-refractivity contribution < 1.29 is 4.79 Å². The first-order chi connectivity index (χ1) is 7.49. The molecule has 2 unspecified atom stereocenters. The van der Waals surface area contributed by atoms with Gasteiger partial charge in [-0.05, 0) is 18.6 Å². The number of rotatable bonds is 7. The molecule has 96 valence electrons. The van der Waals surface area contributed by atoms with Crippen molar-refractivity contribution in [2.45, 2.75) is 45.7 Å². The third-order valence-electron chi connectivity index (χ3n) is 3.27. The quantitative estimate of drug-likeness (QED) is 0.747. The Morgan fingerprint density at radius 1 is 1.38 bits per heavy atom. The van der Waals surface area contributed by atoms with Gasteiger partial charge < -0.3 is 10.6 Å². The average Bonchev–Trinajstić information content (AvgIpc) is 2.32. The standard InChI is InChI=1S/C12H26N2OS/c1-6-9(3)11(13)12(15)14(4)10(7-2)8-16-5/h9-11H,6-8,13H2,1-5H3/t9?,10?,11-/m0/s1. The van der Waals surface area contributed by atoms with Crippen LogP contribution in [0.1, 0.15) is 33.6 Å². The van der Waals surface area contributed by atoms with Crippen LogP contribution in [0, 0.1) is 5.92 Å². The monoisotopic (exact) mass is 246 g/mol. The first-order valence-corrected chi connectivity index (χ1v) is 7.40. The molecule has 0 aromatic heterocycles. The second-order valence-corrected chi connectivity index (χ2v) is 5.29. The molecule has 0 bridgehead atoms. The molecule has 0 aromatic carbocycles. The van der Waals surface area contributed by atoms with Crippen LogP contribution < -0.4 is 5.73 Å². The van der Waals surface area contributed by atoms with Gasteiger partial charge in [0.2, 0.25) is 5.91 Å². The number of carbonyl (C=O) groups excluding carboxylic acids is 1. The Morgan fingerprint density at radius 3 is 2.31 bits per heavy atom. The predicted octanol–water partition coefficient (Wildman–Crippen LogP) is 1.96. The van der Waals surface area contributed by atoms with E-state index in [2.05, 4.69) is 20.1 Å². The summed E-state index contributed by atoms with van der Waals surface area (Å²) in [4.78, 5) is 13.9. The van der Waals surface area contributed by atoms with E-state index in [1.807, 2.05) is 18.9 Å². The van der Waals surface area contributed by atoms with Crippen molar-refractivity contribution >= 4 is 17.7 Å². The number of amides is 1. The number of thioether (sulfide) groups is 1. The van der Waals surface area contributed by atoms with Crippen molar-refractivity contribution in [1.29, 1.82) is 0 Å². The number of nitrogens with two attached hydrogens (primary N) is 1. The lowest BCUT2D eigenvalue weighted by Crippen LogP contribution is -2.49. The maximum Gasteiger partial charge on any atom is 0.239 e. The van der Waals surface area contributed by atoms with Crippen LogP contribution in [0.15, 0.2) is 0 Å².